The highest BCUT2D eigenvalue weighted by molar-refractivity contribution is 6.30. The van der Waals surface area contributed by atoms with Gasteiger partial charge in [-0.15, -0.1) is 0 Å². The van der Waals surface area contributed by atoms with Crippen LogP contribution in [0.5, 0.6) is 0 Å². The van der Waals surface area contributed by atoms with E-state index < -0.39 is 5.97 Å². The Kier molecular flexibility index (Phi) is 3.36. The number of fused-ring (bicyclic) bond motifs is 7. The fourth-order valence-electron chi connectivity index (χ4n) is 5.62. The third-order valence-electron chi connectivity index (χ3n) is 6.57. The fraction of sp³-hybridized carbons (Fsp3) is 0.381. The highest BCUT2D eigenvalue weighted by Crippen LogP contribution is 2.63. The average molecular weight is 354 g/mol. The van der Waals surface area contributed by atoms with Crippen LogP contribution in [0.15, 0.2) is 42.5 Å². The molecular weight excluding hydrogens is 334 g/mol. The van der Waals surface area contributed by atoms with Gasteiger partial charge in [-0.25, -0.2) is 4.79 Å². The zero-order chi connectivity index (χ0) is 17.1. The minimum atomic E-state index is -0.874. The molecule has 5 rings (SSSR count). The van der Waals surface area contributed by atoms with Gasteiger partial charge in [-0.1, -0.05) is 23.7 Å². The number of carbonyl (C=O) groups is 1. The molecule has 5 atom stereocenters. The number of hydrogen-bond acceptors (Lipinski definition) is 2. The van der Waals surface area contributed by atoms with Crippen molar-refractivity contribution in [3.05, 3.63) is 64.2 Å². The smallest absolute Gasteiger partial charge is 0.335 e. The van der Waals surface area contributed by atoms with Gasteiger partial charge in [0.25, 0.3) is 0 Å². The third-order valence-corrected chi connectivity index (χ3v) is 6.80. The molecule has 2 aromatic rings. The number of hydrogen-bond donors (Lipinski definition) is 2. The summed E-state index contributed by atoms with van der Waals surface area (Å²) >= 11 is 6.29. The van der Waals surface area contributed by atoms with Crippen molar-refractivity contribution in [1.82, 2.24) is 0 Å². The minimum Gasteiger partial charge on any atom is -0.478 e. The zero-order valence-electron chi connectivity index (χ0n) is 13.8. The van der Waals surface area contributed by atoms with E-state index in [0.29, 0.717) is 17.4 Å². The molecule has 2 bridgehead atoms. The summed E-state index contributed by atoms with van der Waals surface area (Å²) in [5, 5.41) is 13.7. The summed E-state index contributed by atoms with van der Waals surface area (Å²) in [4.78, 5) is 11.1. The lowest BCUT2D eigenvalue weighted by atomic mass is 9.68. The molecule has 0 aromatic heterocycles. The van der Waals surface area contributed by atoms with Gasteiger partial charge in [0, 0.05) is 10.7 Å². The first-order valence-electron chi connectivity index (χ1n) is 9.01. The SMILES string of the molecule is O=C(O)c1ccc(C2Nc3ccc(Cl)cc3C3C4CCC(C4)C23)cc1. The fourth-order valence-corrected chi connectivity index (χ4v) is 5.80. The summed E-state index contributed by atoms with van der Waals surface area (Å²) < 4.78 is 0. The van der Waals surface area contributed by atoms with Crippen LogP contribution in [0.25, 0.3) is 0 Å². The molecule has 3 nitrogen and oxygen atoms in total. The quantitative estimate of drug-likeness (QED) is 0.766. The standard InChI is InChI=1S/C21H20ClNO2/c22-15-7-8-17-16(10-15)18-13-5-6-14(9-13)19(18)20(23-17)11-1-3-12(4-2-11)21(24)25/h1-4,7-8,10,13-14,18-20,23H,5-6,9H2,(H,24,25). The predicted octanol–water partition coefficient (Wildman–Crippen LogP) is 5.33. The second kappa shape index (κ2) is 5.50. The number of halogens is 1. The second-order valence-corrected chi connectivity index (χ2v) is 8.15. The molecule has 128 valence electrons. The molecule has 5 unspecified atom stereocenters. The summed E-state index contributed by atoms with van der Waals surface area (Å²) in [6.07, 6.45) is 3.95. The van der Waals surface area contributed by atoms with Gasteiger partial charge in [0.1, 0.15) is 0 Å². The Morgan fingerprint density at radius 1 is 1.08 bits per heavy atom. The lowest BCUT2D eigenvalue weighted by molar-refractivity contribution is 0.0697. The summed E-state index contributed by atoms with van der Waals surface area (Å²) in [5.74, 6) is 1.77. The highest BCUT2D eigenvalue weighted by atomic mass is 35.5. The van der Waals surface area contributed by atoms with Gasteiger partial charge in [0.05, 0.1) is 11.6 Å². The summed E-state index contributed by atoms with van der Waals surface area (Å²) in [6, 6.07) is 13.8. The number of anilines is 1. The first kappa shape index (κ1) is 15.3. The number of nitrogens with one attached hydrogen (secondary N) is 1. The van der Waals surface area contributed by atoms with Gasteiger partial charge < -0.3 is 10.4 Å². The highest BCUT2D eigenvalue weighted by Gasteiger charge is 2.53. The molecule has 2 aliphatic carbocycles. The van der Waals surface area contributed by atoms with E-state index in [1.807, 2.05) is 18.2 Å². The largest absolute Gasteiger partial charge is 0.478 e. The molecule has 0 amide bonds. The third kappa shape index (κ3) is 2.29. The van der Waals surface area contributed by atoms with Crippen LogP contribution in [0.1, 0.15) is 52.7 Å². The van der Waals surface area contributed by atoms with Gasteiger partial charge in [-0.3, -0.25) is 0 Å². The van der Waals surface area contributed by atoms with Gasteiger partial charge in [-0.2, -0.15) is 0 Å². The van der Waals surface area contributed by atoms with E-state index in [9.17, 15) is 4.79 Å². The molecule has 0 radical (unpaired) electrons. The van der Waals surface area contributed by atoms with Crippen LogP contribution >= 0.6 is 11.6 Å². The topological polar surface area (TPSA) is 49.3 Å². The van der Waals surface area contributed by atoms with Crippen molar-refractivity contribution in [1.29, 1.82) is 0 Å². The summed E-state index contributed by atoms with van der Waals surface area (Å²) in [7, 11) is 0. The van der Waals surface area contributed by atoms with Crippen molar-refractivity contribution in [3.63, 3.8) is 0 Å². The Balaban J connectivity index is 1.58. The minimum absolute atomic E-state index is 0.247. The first-order valence-corrected chi connectivity index (χ1v) is 9.39. The van der Waals surface area contributed by atoms with E-state index >= 15 is 0 Å². The van der Waals surface area contributed by atoms with Crippen molar-refractivity contribution in [2.75, 3.05) is 5.32 Å². The molecule has 25 heavy (non-hydrogen) atoms. The monoisotopic (exact) mass is 353 g/mol. The predicted molar refractivity (Wildman–Crippen MR) is 98.3 cm³/mol. The maximum atomic E-state index is 11.1. The van der Waals surface area contributed by atoms with E-state index in [2.05, 4.69) is 17.4 Å². The normalized spacial score (nSPS) is 32.0. The van der Waals surface area contributed by atoms with Crippen LogP contribution in [0.2, 0.25) is 5.02 Å². The van der Waals surface area contributed by atoms with Crippen molar-refractivity contribution < 1.29 is 9.90 Å². The number of carboxylic acid groups (broad SMARTS) is 1. The molecule has 0 spiro atoms. The zero-order valence-corrected chi connectivity index (χ0v) is 14.5. The molecule has 2 N–H and O–H groups in total. The number of carboxylic acids is 1. The molecule has 2 saturated carbocycles. The van der Waals surface area contributed by atoms with Crippen LogP contribution in [0.3, 0.4) is 0 Å². The van der Waals surface area contributed by atoms with Crippen LogP contribution in [0.4, 0.5) is 5.69 Å². The molecule has 1 aliphatic heterocycles. The van der Waals surface area contributed by atoms with Crippen LogP contribution < -0.4 is 5.32 Å². The Bertz CT molecular complexity index is 847. The van der Waals surface area contributed by atoms with Crippen LogP contribution in [0, 0.1) is 17.8 Å². The molecule has 2 fully saturated rings. The van der Waals surface area contributed by atoms with E-state index in [1.165, 1.54) is 36.1 Å². The van der Waals surface area contributed by atoms with Crippen molar-refractivity contribution in [3.8, 4) is 0 Å². The van der Waals surface area contributed by atoms with Crippen molar-refractivity contribution >= 4 is 23.3 Å². The number of benzene rings is 2. The van der Waals surface area contributed by atoms with Gasteiger partial charge in [0.2, 0.25) is 0 Å². The molecule has 3 aliphatic rings. The molecule has 1 heterocycles. The summed E-state index contributed by atoms with van der Waals surface area (Å²) in [5.41, 5.74) is 4.10. The number of aromatic carboxylic acids is 1. The lowest BCUT2D eigenvalue weighted by Crippen LogP contribution is -2.35. The molecule has 4 heteroatoms. The van der Waals surface area contributed by atoms with E-state index in [0.717, 1.165) is 16.9 Å². The Morgan fingerprint density at radius 3 is 2.60 bits per heavy atom. The maximum Gasteiger partial charge on any atom is 0.335 e. The maximum absolute atomic E-state index is 11.1. The van der Waals surface area contributed by atoms with Crippen LogP contribution in [-0.2, 0) is 0 Å². The Labute approximate surface area is 152 Å². The molecule has 0 saturated heterocycles. The van der Waals surface area contributed by atoms with Crippen molar-refractivity contribution in [2.45, 2.75) is 31.2 Å². The van der Waals surface area contributed by atoms with E-state index in [4.69, 9.17) is 16.7 Å². The van der Waals surface area contributed by atoms with Crippen LogP contribution in [-0.4, -0.2) is 11.1 Å². The molecule has 2 aromatic carbocycles. The van der Waals surface area contributed by atoms with Gasteiger partial charge in [0.15, 0.2) is 0 Å². The number of rotatable bonds is 2. The average Bonchev–Trinajstić information content (AvgIpc) is 3.23. The second-order valence-electron chi connectivity index (χ2n) is 7.72. The van der Waals surface area contributed by atoms with Crippen molar-refractivity contribution in [2.24, 2.45) is 17.8 Å². The lowest BCUT2D eigenvalue weighted by Gasteiger charge is -2.43. The van der Waals surface area contributed by atoms with Gasteiger partial charge in [-0.05, 0) is 84.4 Å². The van der Waals surface area contributed by atoms with Gasteiger partial charge >= 0.3 is 5.97 Å². The summed E-state index contributed by atoms with van der Waals surface area (Å²) in [6.45, 7) is 0. The molecular formula is C21H20ClNO2. The Hall–Kier alpha value is -2.00. The first-order chi connectivity index (χ1) is 12.1. The van der Waals surface area contributed by atoms with E-state index in [-0.39, 0.29) is 6.04 Å². The Morgan fingerprint density at radius 2 is 1.84 bits per heavy atom. The van der Waals surface area contributed by atoms with E-state index in [1.54, 1.807) is 12.1 Å².